The van der Waals surface area contributed by atoms with Crippen molar-refractivity contribution >= 4 is 62.4 Å². The number of nitrogens with zero attached hydrogens (tertiary/aromatic N) is 2. The average Bonchev–Trinajstić information content (AvgIpc) is 3.55. The molecule has 9 nitrogen and oxygen atoms in total. The van der Waals surface area contributed by atoms with Crippen molar-refractivity contribution in [2.45, 2.75) is 37.4 Å². The van der Waals surface area contributed by atoms with Gasteiger partial charge in [0.2, 0.25) is 11.0 Å². The molecule has 2 amide bonds. The minimum atomic E-state index is -0.396. The topological polar surface area (TPSA) is 120 Å². The summed E-state index contributed by atoms with van der Waals surface area (Å²) in [6, 6.07) is 6.81. The molecule has 0 saturated heterocycles. The van der Waals surface area contributed by atoms with Crippen LogP contribution in [0.25, 0.3) is 0 Å². The van der Waals surface area contributed by atoms with E-state index in [2.05, 4.69) is 20.8 Å². The number of ether oxygens (including phenoxy) is 2. The average molecular weight is 533 g/mol. The van der Waals surface area contributed by atoms with Crippen LogP contribution >= 0.6 is 34.4 Å². The third kappa shape index (κ3) is 6.19. The van der Waals surface area contributed by atoms with Gasteiger partial charge >= 0.3 is 5.97 Å². The predicted molar refractivity (Wildman–Crippen MR) is 137 cm³/mol. The van der Waals surface area contributed by atoms with Crippen molar-refractivity contribution in [3.63, 3.8) is 0 Å². The Hall–Kier alpha value is -2.96. The number of aromatic nitrogens is 2. The van der Waals surface area contributed by atoms with Gasteiger partial charge in [0.1, 0.15) is 10.8 Å². The Labute approximate surface area is 214 Å². The highest BCUT2D eigenvalue weighted by Gasteiger charge is 2.28. The highest BCUT2D eigenvalue weighted by Crippen LogP contribution is 2.39. The summed E-state index contributed by atoms with van der Waals surface area (Å²) in [5, 5.41) is 14.5. The van der Waals surface area contributed by atoms with Crippen molar-refractivity contribution in [2.75, 3.05) is 29.6 Å². The van der Waals surface area contributed by atoms with Crippen LogP contribution in [-0.4, -0.2) is 46.9 Å². The molecule has 0 radical (unpaired) electrons. The zero-order valence-corrected chi connectivity index (χ0v) is 21.7. The Bertz CT molecular complexity index is 1220. The summed E-state index contributed by atoms with van der Waals surface area (Å²) in [7, 11) is 0. The van der Waals surface area contributed by atoms with E-state index in [4.69, 9.17) is 9.47 Å². The molecule has 0 saturated carbocycles. The number of hydrogen-bond donors (Lipinski definition) is 2. The normalized spacial score (nSPS) is 12.2. The highest BCUT2D eigenvalue weighted by atomic mass is 32.2. The molecule has 0 unspecified atom stereocenters. The summed E-state index contributed by atoms with van der Waals surface area (Å²) in [6.07, 6.45) is 2.74. The first kappa shape index (κ1) is 25.1. The molecule has 2 N–H and O–H groups in total. The van der Waals surface area contributed by atoms with E-state index in [0.29, 0.717) is 38.0 Å². The minimum absolute atomic E-state index is 0.0896. The third-order valence-electron chi connectivity index (χ3n) is 5.03. The molecule has 184 valence electrons. The van der Waals surface area contributed by atoms with E-state index >= 15 is 0 Å². The maximum Gasteiger partial charge on any atom is 0.341 e. The Morgan fingerprint density at radius 3 is 2.57 bits per heavy atom. The molecule has 3 aromatic rings. The second-order valence-electron chi connectivity index (χ2n) is 7.40. The lowest BCUT2D eigenvalue weighted by molar-refractivity contribution is -0.113. The lowest BCUT2D eigenvalue weighted by Crippen LogP contribution is -2.16. The number of fused-ring (bicyclic) bond motifs is 1. The van der Waals surface area contributed by atoms with Gasteiger partial charge in [-0.1, -0.05) is 23.1 Å². The van der Waals surface area contributed by atoms with Crippen LogP contribution in [-0.2, 0) is 22.4 Å². The van der Waals surface area contributed by atoms with Gasteiger partial charge in [0, 0.05) is 10.4 Å². The molecular formula is C23H24N4O5S3. The number of thioether (sulfide) groups is 1. The number of carbonyl (C=O) groups is 3. The summed E-state index contributed by atoms with van der Waals surface area (Å²) in [5.74, 6) is -0.177. The Balaban J connectivity index is 1.32. The van der Waals surface area contributed by atoms with Crippen LogP contribution in [0, 0.1) is 0 Å². The van der Waals surface area contributed by atoms with Crippen molar-refractivity contribution in [1.29, 1.82) is 0 Å². The van der Waals surface area contributed by atoms with Crippen LogP contribution in [0.1, 0.15) is 51.4 Å². The summed E-state index contributed by atoms with van der Waals surface area (Å²) >= 11 is 3.83. The predicted octanol–water partition coefficient (Wildman–Crippen LogP) is 4.65. The number of aryl methyl sites for hydroxylation is 1. The summed E-state index contributed by atoms with van der Waals surface area (Å²) in [6.45, 7) is 4.48. The number of hydrogen-bond acceptors (Lipinski definition) is 10. The first-order chi connectivity index (χ1) is 17.0. The van der Waals surface area contributed by atoms with Crippen LogP contribution in [0.5, 0.6) is 5.75 Å². The zero-order valence-electron chi connectivity index (χ0n) is 19.2. The molecule has 1 aromatic carbocycles. The molecule has 35 heavy (non-hydrogen) atoms. The van der Waals surface area contributed by atoms with Crippen LogP contribution in [0.3, 0.4) is 0 Å². The SMILES string of the molecule is CCOC(=O)c1c(NC(=O)CSc2nnc(NC(=O)c3ccc(OCC)cc3)s2)sc2c1CCC2. The molecule has 0 spiro atoms. The second kappa shape index (κ2) is 11.6. The van der Waals surface area contributed by atoms with Gasteiger partial charge in [0.25, 0.3) is 5.91 Å². The lowest BCUT2D eigenvalue weighted by atomic mass is 10.1. The molecule has 12 heteroatoms. The zero-order chi connectivity index (χ0) is 24.8. The van der Waals surface area contributed by atoms with Crippen molar-refractivity contribution < 1.29 is 23.9 Å². The summed E-state index contributed by atoms with van der Waals surface area (Å²) in [5.41, 5.74) is 1.95. The number of nitrogens with one attached hydrogen (secondary N) is 2. The van der Waals surface area contributed by atoms with Gasteiger partial charge in [0.15, 0.2) is 4.34 Å². The molecule has 1 aliphatic carbocycles. The number of rotatable bonds is 10. The van der Waals surface area contributed by atoms with Crippen molar-refractivity contribution in [3.8, 4) is 5.75 Å². The highest BCUT2D eigenvalue weighted by molar-refractivity contribution is 8.01. The van der Waals surface area contributed by atoms with Gasteiger partial charge in [-0.15, -0.1) is 21.5 Å². The van der Waals surface area contributed by atoms with E-state index in [1.165, 1.54) is 34.4 Å². The monoisotopic (exact) mass is 532 g/mol. The minimum Gasteiger partial charge on any atom is -0.494 e. The van der Waals surface area contributed by atoms with Gasteiger partial charge in [-0.25, -0.2) is 4.79 Å². The molecule has 4 rings (SSSR count). The number of carbonyl (C=O) groups excluding carboxylic acids is 3. The number of esters is 1. The fraction of sp³-hybridized carbons (Fsp3) is 0.348. The van der Waals surface area contributed by atoms with E-state index in [9.17, 15) is 14.4 Å². The first-order valence-corrected chi connectivity index (χ1v) is 13.7. The van der Waals surface area contributed by atoms with Gasteiger partial charge < -0.3 is 14.8 Å². The van der Waals surface area contributed by atoms with Crippen LogP contribution in [0.4, 0.5) is 10.1 Å². The number of anilines is 2. The van der Waals surface area contributed by atoms with E-state index in [1.54, 1.807) is 31.2 Å². The fourth-order valence-corrected chi connectivity index (χ4v) is 6.40. The van der Waals surface area contributed by atoms with Crippen molar-refractivity contribution in [2.24, 2.45) is 0 Å². The maximum atomic E-state index is 12.6. The molecule has 2 aromatic heterocycles. The van der Waals surface area contributed by atoms with E-state index in [0.717, 1.165) is 29.7 Å². The van der Waals surface area contributed by atoms with Gasteiger partial charge in [-0.3, -0.25) is 14.9 Å². The van der Waals surface area contributed by atoms with Crippen molar-refractivity contribution in [1.82, 2.24) is 10.2 Å². The summed E-state index contributed by atoms with van der Waals surface area (Å²) < 4.78 is 11.1. The fourth-order valence-electron chi connectivity index (χ4n) is 3.56. The quantitative estimate of drug-likeness (QED) is 0.220. The van der Waals surface area contributed by atoms with E-state index in [1.807, 2.05) is 6.92 Å². The summed E-state index contributed by atoms with van der Waals surface area (Å²) in [4.78, 5) is 38.6. The molecular weight excluding hydrogens is 508 g/mol. The van der Waals surface area contributed by atoms with Gasteiger partial charge in [-0.05, 0) is 62.9 Å². The van der Waals surface area contributed by atoms with Crippen LogP contribution < -0.4 is 15.4 Å². The molecule has 0 aliphatic heterocycles. The smallest absolute Gasteiger partial charge is 0.341 e. The molecule has 2 heterocycles. The van der Waals surface area contributed by atoms with E-state index in [-0.39, 0.29) is 24.2 Å². The van der Waals surface area contributed by atoms with Crippen LogP contribution in [0.2, 0.25) is 0 Å². The van der Waals surface area contributed by atoms with Gasteiger partial charge in [-0.2, -0.15) is 0 Å². The maximum absolute atomic E-state index is 12.6. The molecule has 0 atom stereocenters. The first-order valence-electron chi connectivity index (χ1n) is 11.1. The standard InChI is InChI=1S/C23H24N4O5S3/c1-3-31-14-10-8-13(9-11-14)19(29)25-22-26-27-23(35-22)33-12-17(28)24-20-18(21(30)32-4-2)15-6-5-7-16(15)34-20/h8-11H,3-7,12H2,1-2H3,(H,24,28)(H,25,26,29). The largest absolute Gasteiger partial charge is 0.494 e. The van der Waals surface area contributed by atoms with Crippen molar-refractivity contribution in [3.05, 3.63) is 45.8 Å². The molecule has 1 aliphatic rings. The molecule has 0 fully saturated rings. The Morgan fingerprint density at radius 1 is 1.03 bits per heavy atom. The van der Waals surface area contributed by atoms with E-state index < -0.39 is 5.97 Å². The number of amides is 2. The number of benzene rings is 1. The van der Waals surface area contributed by atoms with Crippen LogP contribution in [0.15, 0.2) is 28.6 Å². The Kier molecular flexibility index (Phi) is 8.37. The second-order valence-corrected chi connectivity index (χ2v) is 10.7. The molecule has 0 bridgehead atoms. The number of thiophene rings is 1. The Morgan fingerprint density at radius 2 is 1.83 bits per heavy atom. The van der Waals surface area contributed by atoms with Gasteiger partial charge in [0.05, 0.1) is 24.5 Å². The third-order valence-corrected chi connectivity index (χ3v) is 8.21. The lowest BCUT2D eigenvalue weighted by Gasteiger charge is -2.07.